The van der Waals surface area contributed by atoms with Gasteiger partial charge in [0.05, 0.1) is 12.1 Å². The van der Waals surface area contributed by atoms with Crippen LogP contribution in [0.3, 0.4) is 0 Å². The highest BCUT2D eigenvalue weighted by molar-refractivity contribution is 5.91. The van der Waals surface area contributed by atoms with Crippen LogP contribution in [0.2, 0.25) is 0 Å². The van der Waals surface area contributed by atoms with Gasteiger partial charge in [-0.05, 0) is 64.6 Å². The molecule has 0 aliphatic heterocycles. The van der Waals surface area contributed by atoms with E-state index in [9.17, 15) is 19.2 Å². The Morgan fingerprint density at radius 3 is 1.95 bits per heavy atom. The number of hydrogen-bond donors (Lipinski definition) is 2. The van der Waals surface area contributed by atoms with E-state index >= 15 is 0 Å². The van der Waals surface area contributed by atoms with Crippen molar-refractivity contribution in [2.45, 2.75) is 117 Å². The third kappa shape index (κ3) is 14.9. The number of nitrogens with one attached hydrogen (secondary N) is 2. The van der Waals surface area contributed by atoms with Gasteiger partial charge in [-0.1, -0.05) is 72.3 Å². The van der Waals surface area contributed by atoms with E-state index in [0.717, 1.165) is 12.8 Å². The predicted octanol–water partition coefficient (Wildman–Crippen LogP) is 4.87. The van der Waals surface area contributed by atoms with Crippen LogP contribution >= 0.6 is 0 Å². The van der Waals surface area contributed by atoms with E-state index in [1.807, 2.05) is 51.9 Å². The van der Waals surface area contributed by atoms with Gasteiger partial charge in [0.1, 0.15) is 12.1 Å². The molecule has 8 nitrogen and oxygen atoms in total. The van der Waals surface area contributed by atoms with Crippen LogP contribution in [0.1, 0.15) is 92.9 Å². The second-order valence-corrected chi connectivity index (χ2v) is 11.9. The van der Waals surface area contributed by atoms with Gasteiger partial charge >= 0.3 is 5.97 Å². The molecule has 0 radical (unpaired) electrons. The number of nitrogens with zero attached hydrogens (tertiary/aromatic N) is 1. The number of hydrogen-bond acceptors (Lipinski definition) is 7. The number of esters is 1. The van der Waals surface area contributed by atoms with Gasteiger partial charge in [0, 0.05) is 19.8 Å². The van der Waals surface area contributed by atoms with Crippen LogP contribution in [-0.4, -0.2) is 73.7 Å². The monoisotopic (exact) mass is 563 g/mol. The van der Waals surface area contributed by atoms with Crippen LogP contribution in [0.25, 0.3) is 0 Å². The molecule has 2 N–H and O–H groups in total. The Labute approximate surface area is 243 Å². The minimum atomic E-state index is -0.543. The summed E-state index contributed by atoms with van der Waals surface area (Å²) in [5.41, 5.74) is 0. The molecule has 0 heterocycles. The third-order valence-electron chi connectivity index (χ3n) is 7.12. The van der Waals surface area contributed by atoms with Gasteiger partial charge in [0.25, 0.3) is 0 Å². The summed E-state index contributed by atoms with van der Waals surface area (Å²) in [7, 11) is 5.44. The van der Waals surface area contributed by atoms with E-state index < -0.39 is 24.2 Å². The lowest BCUT2D eigenvalue weighted by Crippen LogP contribution is -2.51. The number of ketones is 2. The van der Waals surface area contributed by atoms with Crippen molar-refractivity contribution in [2.24, 2.45) is 17.8 Å². The van der Waals surface area contributed by atoms with E-state index in [-0.39, 0.29) is 35.4 Å². The van der Waals surface area contributed by atoms with Crippen molar-refractivity contribution in [3.05, 3.63) is 24.8 Å². The van der Waals surface area contributed by atoms with E-state index in [4.69, 9.17) is 4.74 Å². The Morgan fingerprint density at radius 2 is 1.50 bits per heavy atom. The quantitative estimate of drug-likeness (QED) is 0.110. The molecule has 0 bridgehead atoms. The van der Waals surface area contributed by atoms with Gasteiger partial charge in [-0.15, -0.1) is 0 Å². The first-order chi connectivity index (χ1) is 18.8. The molecule has 0 aromatic rings. The highest BCUT2D eigenvalue weighted by Gasteiger charge is 2.35. The molecule has 0 aromatic heterocycles. The van der Waals surface area contributed by atoms with E-state index in [1.165, 1.54) is 6.92 Å². The average Bonchev–Trinajstić information content (AvgIpc) is 2.86. The fourth-order valence-electron chi connectivity index (χ4n) is 4.93. The highest BCUT2D eigenvalue weighted by atomic mass is 16.5. The summed E-state index contributed by atoms with van der Waals surface area (Å²) in [4.78, 5) is 52.6. The molecule has 0 saturated heterocycles. The van der Waals surface area contributed by atoms with Gasteiger partial charge in [0.15, 0.2) is 11.6 Å². The van der Waals surface area contributed by atoms with Crippen LogP contribution in [0.4, 0.5) is 0 Å². The van der Waals surface area contributed by atoms with Crippen molar-refractivity contribution in [1.82, 2.24) is 15.5 Å². The second kappa shape index (κ2) is 20.5. The molecule has 0 aliphatic rings. The summed E-state index contributed by atoms with van der Waals surface area (Å²) in [6.07, 6.45) is 10.2. The summed E-state index contributed by atoms with van der Waals surface area (Å²) in [6.45, 7) is 15.1. The largest absolute Gasteiger partial charge is 0.460 e. The lowest BCUT2D eigenvalue weighted by atomic mass is 9.89. The molecule has 2 unspecified atom stereocenters. The normalized spacial score (nSPS) is 15.6. The van der Waals surface area contributed by atoms with Crippen molar-refractivity contribution in [3.63, 3.8) is 0 Å². The lowest BCUT2D eigenvalue weighted by Gasteiger charge is -2.34. The molecule has 230 valence electrons. The molecule has 8 heteroatoms. The van der Waals surface area contributed by atoms with Crippen LogP contribution < -0.4 is 10.6 Å². The van der Waals surface area contributed by atoms with Gasteiger partial charge in [-0.2, -0.15) is 0 Å². The van der Waals surface area contributed by atoms with Crippen molar-refractivity contribution < 1.29 is 23.9 Å². The van der Waals surface area contributed by atoms with Crippen LogP contribution in [-0.2, 0) is 23.9 Å². The Morgan fingerprint density at radius 1 is 0.925 bits per heavy atom. The van der Waals surface area contributed by atoms with Crippen molar-refractivity contribution in [3.8, 4) is 0 Å². The molecule has 0 aromatic carbocycles. The standard InChI is InChI=1S/C32H57N3O5/c1-11-12-15-18-24(6)31(40-25(7)36)30(35(9)10)28(38)20-17-14-13-16-19-27(37)29(23(4)5)34-32(39)26(33-8)21-22(2)3/h11-12,15,22-24,26,29-31,33H,1,13-14,16-21H2,2-10H3,(H,34,39)/b15-12+/t24-,26+,29+,30?,31?/m1/s1. The molecule has 0 fully saturated rings. The maximum Gasteiger partial charge on any atom is 0.302 e. The van der Waals surface area contributed by atoms with Crippen LogP contribution in [0.15, 0.2) is 24.8 Å². The van der Waals surface area contributed by atoms with Gasteiger partial charge in [-0.3, -0.25) is 24.1 Å². The van der Waals surface area contributed by atoms with Gasteiger partial charge < -0.3 is 15.4 Å². The fraction of sp³-hybridized carbons (Fsp3) is 0.750. The van der Waals surface area contributed by atoms with Crippen LogP contribution in [0, 0.1) is 17.8 Å². The Bertz CT molecular complexity index is 821. The zero-order valence-corrected chi connectivity index (χ0v) is 26.6. The van der Waals surface area contributed by atoms with Crippen molar-refractivity contribution >= 4 is 23.4 Å². The summed E-state index contributed by atoms with van der Waals surface area (Å²) >= 11 is 0. The molecule has 1 amide bonds. The van der Waals surface area contributed by atoms with Gasteiger partial charge in [0.2, 0.25) is 5.91 Å². The smallest absolute Gasteiger partial charge is 0.302 e. The maximum atomic E-state index is 13.2. The molecule has 0 aliphatic carbocycles. The van der Waals surface area contributed by atoms with Crippen molar-refractivity contribution in [1.29, 1.82) is 0 Å². The van der Waals surface area contributed by atoms with E-state index in [2.05, 4.69) is 31.1 Å². The maximum absolute atomic E-state index is 13.2. The summed E-state index contributed by atoms with van der Waals surface area (Å²) < 4.78 is 5.64. The topological polar surface area (TPSA) is 105 Å². The molecule has 0 saturated carbocycles. The molecule has 0 rings (SSSR count). The number of Topliss-reactive ketones (excluding diaryl/α,β-unsaturated/α-hetero) is 2. The predicted molar refractivity (Wildman–Crippen MR) is 163 cm³/mol. The summed E-state index contributed by atoms with van der Waals surface area (Å²) in [5, 5.41) is 6.02. The summed E-state index contributed by atoms with van der Waals surface area (Å²) in [5.74, 6) is -0.0858. The van der Waals surface area contributed by atoms with Crippen LogP contribution in [0.5, 0.6) is 0 Å². The number of amides is 1. The van der Waals surface area contributed by atoms with E-state index in [1.54, 1.807) is 13.1 Å². The first kappa shape index (κ1) is 37.7. The molecule has 40 heavy (non-hydrogen) atoms. The summed E-state index contributed by atoms with van der Waals surface area (Å²) in [6, 6.07) is -1.34. The third-order valence-corrected chi connectivity index (χ3v) is 7.12. The Balaban J connectivity index is 4.90. The first-order valence-electron chi connectivity index (χ1n) is 14.9. The molecular weight excluding hydrogens is 506 g/mol. The van der Waals surface area contributed by atoms with Gasteiger partial charge in [-0.25, -0.2) is 0 Å². The first-order valence-corrected chi connectivity index (χ1v) is 14.9. The fourth-order valence-corrected chi connectivity index (χ4v) is 4.93. The van der Waals surface area contributed by atoms with Crippen molar-refractivity contribution in [2.75, 3.05) is 21.1 Å². The van der Waals surface area contributed by atoms with E-state index in [0.29, 0.717) is 44.4 Å². The number of likely N-dealkylation sites (N-methyl/N-ethyl adjacent to an activating group) is 2. The number of rotatable bonds is 22. The number of allylic oxidation sites excluding steroid dienone is 3. The Hall–Kier alpha value is -2.32. The minimum Gasteiger partial charge on any atom is -0.460 e. The minimum absolute atomic E-state index is 0.00779. The lowest BCUT2D eigenvalue weighted by molar-refractivity contribution is -0.155. The zero-order chi connectivity index (χ0) is 30.8. The molecular formula is C32H57N3O5. The Kier molecular flexibility index (Phi) is 19.3. The molecule has 0 spiro atoms. The highest BCUT2D eigenvalue weighted by Crippen LogP contribution is 2.22. The number of unbranched alkanes of at least 4 members (excludes halogenated alkanes) is 3. The number of carbonyl (C=O) groups excluding carboxylic acids is 4. The zero-order valence-electron chi connectivity index (χ0n) is 26.6. The SMILES string of the molecule is C=C/C=C/C[C@@H](C)C(OC(C)=O)C(C(=O)CCCCCCC(=O)[C@@H](NC(=O)[C@H](CC(C)C)NC)C(C)C)N(C)C. The number of carbonyl (C=O) groups is 4. The second-order valence-electron chi connectivity index (χ2n) is 11.9. The number of ether oxygens (including phenoxy) is 1. The molecule has 5 atom stereocenters. The average molecular weight is 564 g/mol.